The predicted octanol–water partition coefficient (Wildman–Crippen LogP) is 1.88. The van der Waals surface area contributed by atoms with Crippen molar-refractivity contribution in [3.8, 4) is 10.6 Å². The van der Waals surface area contributed by atoms with E-state index in [4.69, 9.17) is 4.74 Å². The molecule has 0 saturated heterocycles. The maximum atomic E-state index is 12.4. The van der Waals surface area contributed by atoms with Crippen molar-refractivity contribution in [2.24, 2.45) is 7.05 Å². The molecule has 0 amide bonds. The van der Waals surface area contributed by atoms with Crippen LogP contribution in [0.2, 0.25) is 0 Å². The second-order valence-corrected chi connectivity index (χ2v) is 8.88. The van der Waals surface area contributed by atoms with E-state index in [2.05, 4.69) is 20.0 Å². The maximum absolute atomic E-state index is 12.4. The van der Waals surface area contributed by atoms with Gasteiger partial charge < -0.3 is 14.6 Å². The molecule has 3 rings (SSSR count). The summed E-state index contributed by atoms with van der Waals surface area (Å²) < 4.78 is 33.6. The molecule has 0 unspecified atom stereocenters. The summed E-state index contributed by atoms with van der Waals surface area (Å²) in [6, 6.07) is 8.07. The summed E-state index contributed by atoms with van der Waals surface area (Å²) in [6.45, 7) is 2.32. The van der Waals surface area contributed by atoms with Gasteiger partial charge in [0.1, 0.15) is 0 Å². The molecule has 2 aromatic heterocycles. The first kappa shape index (κ1) is 21.1. The van der Waals surface area contributed by atoms with Crippen LogP contribution < -0.4 is 14.9 Å². The van der Waals surface area contributed by atoms with Crippen molar-refractivity contribution in [1.82, 2.24) is 19.3 Å². The number of methoxy groups -OCH3 is 1. The van der Waals surface area contributed by atoms with E-state index in [1.165, 1.54) is 19.2 Å². The molecule has 0 radical (unpaired) electrons. The molecular weight excluding hydrogens is 414 g/mol. The third-order valence-corrected chi connectivity index (χ3v) is 6.80. The fraction of sp³-hybridized carbons (Fsp3) is 0.278. The van der Waals surface area contributed by atoms with Gasteiger partial charge in [0.25, 0.3) is 0 Å². The zero-order chi connectivity index (χ0) is 21.0. The summed E-state index contributed by atoms with van der Waals surface area (Å²) in [4.78, 5) is 21.4. The fourth-order valence-corrected chi connectivity index (χ4v) is 4.54. The van der Waals surface area contributed by atoms with Gasteiger partial charge in [-0.3, -0.25) is 4.79 Å². The second kappa shape index (κ2) is 8.82. The monoisotopic (exact) mass is 435 g/mol. The molecule has 0 aliphatic carbocycles. The van der Waals surface area contributed by atoms with Crippen LogP contribution in [0.1, 0.15) is 5.69 Å². The van der Waals surface area contributed by atoms with E-state index in [0.29, 0.717) is 17.3 Å². The smallest absolute Gasteiger partial charge is 0.307 e. The van der Waals surface area contributed by atoms with E-state index in [9.17, 15) is 13.2 Å². The van der Waals surface area contributed by atoms with Gasteiger partial charge in [-0.2, -0.15) is 0 Å². The molecular formula is C18H21N5O4S2. The van der Waals surface area contributed by atoms with Crippen molar-refractivity contribution < 1.29 is 13.2 Å². The van der Waals surface area contributed by atoms with E-state index in [-0.39, 0.29) is 22.9 Å². The fourth-order valence-electron chi connectivity index (χ4n) is 2.53. The molecule has 0 aliphatic heterocycles. The highest BCUT2D eigenvalue weighted by Gasteiger charge is 2.15. The molecule has 11 heteroatoms. The molecule has 0 fully saturated rings. The Morgan fingerprint density at radius 1 is 1.28 bits per heavy atom. The van der Waals surface area contributed by atoms with Crippen molar-refractivity contribution in [1.29, 1.82) is 0 Å². The van der Waals surface area contributed by atoms with Gasteiger partial charge in [-0.15, -0.1) is 0 Å². The Balaban J connectivity index is 1.84. The summed E-state index contributed by atoms with van der Waals surface area (Å²) in [6.07, 6.45) is 1.58. The molecule has 2 N–H and O–H groups in total. The molecule has 0 atom stereocenters. The lowest BCUT2D eigenvalue weighted by atomic mass is 10.3. The van der Waals surface area contributed by atoms with Crippen LogP contribution in [-0.2, 0) is 21.8 Å². The molecule has 2 heterocycles. The van der Waals surface area contributed by atoms with Gasteiger partial charge in [0, 0.05) is 38.3 Å². The Morgan fingerprint density at radius 2 is 2.07 bits per heavy atom. The van der Waals surface area contributed by atoms with Gasteiger partial charge in [-0.1, -0.05) is 17.4 Å². The quantitative estimate of drug-likeness (QED) is 0.519. The number of rotatable bonds is 8. The van der Waals surface area contributed by atoms with Crippen molar-refractivity contribution in [2.75, 3.05) is 25.6 Å². The van der Waals surface area contributed by atoms with Gasteiger partial charge >= 0.3 is 4.87 Å². The Bertz CT molecular complexity index is 1170. The van der Waals surface area contributed by atoms with E-state index in [1.54, 1.807) is 36.0 Å². The SMILES string of the molecule is COCCNS(=O)(=O)c1cccc(Nc2nccc(-c3sc(=O)n(C)c3C)n2)c1. The first-order valence-electron chi connectivity index (χ1n) is 8.67. The number of aromatic nitrogens is 3. The molecule has 9 nitrogen and oxygen atoms in total. The average Bonchev–Trinajstić information content (AvgIpc) is 2.96. The third kappa shape index (κ3) is 4.88. The Morgan fingerprint density at radius 3 is 2.76 bits per heavy atom. The number of sulfonamides is 1. The van der Waals surface area contributed by atoms with E-state index in [0.717, 1.165) is 21.9 Å². The molecule has 0 spiro atoms. The number of nitrogens with one attached hydrogen (secondary N) is 2. The highest BCUT2D eigenvalue weighted by Crippen LogP contribution is 2.25. The van der Waals surface area contributed by atoms with Gasteiger partial charge in [0.05, 0.1) is 22.1 Å². The van der Waals surface area contributed by atoms with Crippen LogP contribution in [0, 0.1) is 6.92 Å². The summed E-state index contributed by atoms with van der Waals surface area (Å²) in [7, 11) is -0.437. The highest BCUT2D eigenvalue weighted by atomic mass is 32.2. The first-order chi connectivity index (χ1) is 13.8. The third-order valence-electron chi connectivity index (χ3n) is 4.18. The summed E-state index contributed by atoms with van der Waals surface area (Å²) in [5, 5.41) is 3.02. The largest absolute Gasteiger partial charge is 0.383 e. The standard InChI is InChI=1S/C18H21N5O4S2/c1-12-16(28-18(24)23(12)2)15-7-8-19-17(22-15)21-13-5-4-6-14(11-13)29(25,26)20-9-10-27-3/h4-8,11,20H,9-10H2,1-3H3,(H,19,21,22). The maximum Gasteiger partial charge on any atom is 0.307 e. The number of benzene rings is 1. The molecule has 154 valence electrons. The van der Waals surface area contributed by atoms with Crippen molar-refractivity contribution in [2.45, 2.75) is 11.8 Å². The van der Waals surface area contributed by atoms with Gasteiger partial charge in [0.2, 0.25) is 16.0 Å². The first-order valence-corrected chi connectivity index (χ1v) is 11.0. The van der Waals surface area contributed by atoms with Crippen LogP contribution in [0.15, 0.2) is 46.2 Å². The van der Waals surface area contributed by atoms with E-state index in [1.807, 2.05) is 6.92 Å². The minimum Gasteiger partial charge on any atom is -0.383 e. The summed E-state index contributed by atoms with van der Waals surface area (Å²) in [5.41, 5.74) is 1.96. The minimum absolute atomic E-state index is 0.0653. The molecule has 0 bridgehead atoms. The van der Waals surface area contributed by atoms with Crippen LogP contribution in [0.4, 0.5) is 11.6 Å². The van der Waals surface area contributed by atoms with Crippen molar-refractivity contribution >= 4 is 33.0 Å². The Kier molecular flexibility index (Phi) is 6.42. The van der Waals surface area contributed by atoms with Crippen molar-refractivity contribution in [3.05, 3.63) is 51.9 Å². The minimum atomic E-state index is -3.65. The number of anilines is 2. The lowest BCUT2D eigenvalue weighted by Gasteiger charge is -2.10. The van der Waals surface area contributed by atoms with Crippen molar-refractivity contribution in [3.63, 3.8) is 0 Å². The molecule has 0 aliphatic rings. The van der Waals surface area contributed by atoms with Crippen LogP contribution >= 0.6 is 11.3 Å². The molecule has 3 aromatic rings. The topological polar surface area (TPSA) is 115 Å². The number of nitrogens with zero attached hydrogens (tertiary/aromatic N) is 3. The normalized spacial score (nSPS) is 11.6. The predicted molar refractivity (Wildman–Crippen MR) is 112 cm³/mol. The number of hydrogen-bond acceptors (Lipinski definition) is 8. The zero-order valence-electron chi connectivity index (χ0n) is 16.2. The van der Waals surface area contributed by atoms with Gasteiger partial charge in [-0.25, -0.2) is 23.1 Å². The number of thiazole rings is 1. The Labute approximate surface area is 172 Å². The highest BCUT2D eigenvalue weighted by molar-refractivity contribution is 7.89. The van der Waals surface area contributed by atoms with Gasteiger partial charge in [0.15, 0.2) is 0 Å². The average molecular weight is 436 g/mol. The lowest BCUT2D eigenvalue weighted by molar-refractivity contribution is 0.204. The summed E-state index contributed by atoms with van der Waals surface area (Å²) >= 11 is 1.12. The van der Waals surface area contributed by atoms with Crippen LogP contribution in [0.3, 0.4) is 0 Å². The van der Waals surface area contributed by atoms with E-state index < -0.39 is 10.0 Å². The second-order valence-electron chi connectivity index (χ2n) is 6.15. The zero-order valence-corrected chi connectivity index (χ0v) is 17.8. The molecule has 29 heavy (non-hydrogen) atoms. The van der Waals surface area contributed by atoms with Gasteiger partial charge in [-0.05, 0) is 31.2 Å². The van der Waals surface area contributed by atoms with E-state index >= 15 is 0 Å². The Hall–Kier alpha value is -2.60. The summed E-state index contributed by atoms with van der Waals surface area (Å²) in [5.74, 6) is 0.298. The van der Waals surface area contributed by atoms with Crippen LogP contribution in [0.25, 0.3) is 10.6 Å². The molecule has 0 saturated carbocycles. The number of ether oxygens (including phenoxy) is 1. The van der Waals surface area contributed by atoms with Crippen LogP contribution in [-0.4, -0.2) is 43.2 Å². The van der Waals surface area contributed by atoms with Crippen LogP contribution in [0.5, 0.6) is 0 Å². The number of hydrogen-bond donors (Lipinski definition) is 2. The lowest BCUT2D eigenvalue weighted by Crippen LogP contribution is -2.27. The molecule has 1 aromatic carbocycles.